The van der Waals surface area contributed by atoms with Gasteiger partial charge < -0.3 is 68.0 Å². The van der Waals surface area contributed by atoms with Crippen molar-refractivity contribution in [3.8, 4) is 0 Å². The first-order chi connectivity index (χ1) is 30.1. The first-order valence-corrected chi connectivity index (χ1v) is 21.6. The largest absolute Gasteiger partial charge is 0.369 e. The standard InChI is InChI=1S/C41H72N12O12/c1-5-20(32(44)56)9-24(36(48)60)14-29(16-26(38(50)62)12-23(35(47)59)8-19(4)31(43)55)41(65)53-17-52-40(64)28(10-21(6-2)33(45)57)15-27(39(51)63)13-25(37(49)61)11-22(34(46)58)7-18(3)30(42)54/h18-29H,5-17H2,1-4H3,(H2,42,54)(H2,43,55)(H2,44,56)(H2,45,57)(H2,46,58)(H2,47,59)(H2,48,60)(H2,49,61)(H2,50,62)(H2,51,63)(H,52,64)(H,53,65). The number of carbonyl (C=O) groups is 12. The van der Waals surface area contributed by atoms with Gasteiger partial charge in [-0.15, -0.1) is 0 Å². The highest BCUT2D eigenvalue weighted by Crippen LogP contribution is 2.32. The first kappa shape index (κ1) is 58.6. The van der Waals surface area contributed by atoms with E-state index in [2.05, 4.69) is 10.6 Å². The van der Waals surface area contributed by atoms with E-state index in [1.165, 1.54) is 13.8 Å². The van der Waals surface area contributed by atoms with Crippen LogP contribution in [0.15, 0.2) is 0 Å². The minimum atomic E-state index is -1.29. The fraction of sp³-hybridized carbons (Fsp3) is 0.707. The minimum absolute atomic E-state index is 0.118. The van der Waals surface area contributed by atoms with Gasteiger partial charge in [0.15, 0.2) is 0 Å². The van der Waals surface area contributed by atoms with Gasteiger partial charge in [0.25, 0.3) is 0 Å². The second-order valence-electron chi connectivity index (χ2n) is 17.2. The van der Waals surface area contributed by atoms with Crippen LogP contribution in [0, 0.1) is 71.0 Å². The molecule has 0 saturated carbocycles. The summed E-state index contributed by atoms with van der Waals surface area (Å²) in [4.78, 5) is 151. The van der Waals surface area contributed by atoms with Crippen LogP contribution < -0.4 is 68.0 Å². The molecule has 0 radical (unpaired) electrons. The van der Waals surface area contributed by atoms with Crippen LogP contribution in [-0.2, 0) is 57.5 Å². The van der Waals surface area contributed by atoms with E-state index in [9.17, 15) is 57.5 Å². The fourth-order valence-corrected chi connectivity index (χ4v) is 7.90. The van der Waals surface area contributed by atoms with Gasteiger partial charge in [0, 0.05) is 71.0 Å². The van der Waals surface area contributed by atoms with E-state index < -0.39 is 149 Å². The molecule has 24 nitrogen and oxygen atoms in total. The summed E-state index contributed by atoms with van der Waals surface area (Å²) in [5.41, 5.74) is 55.7. The number of primary amides is 10. The molecule has 22 N–H and O–H groups in total. The van der Waals surface area contributed by atoms with E-state index in [1.54, 1.807) is 13.8 Å². The maximum Gasteiger partial charge on any atom is 0.224 e. The lowest BCUT2D eigenvalue weighted by Crippen LogP contribution is -2.45. The van der Waals surface area contributed by atoms with Gasteiger partial charge in [-0.25, -0.2) is 0 Å². The van der Waals surface area contributed by atoms with Crippen molar-refractivity contribution < 1.29 is 57.5 Å². The lowest BCUT2D eigenvalue weighted by Gasteiger charge is -2.28. The molecule has 0 heterocycles. The Kier molecular flexibility index (Phi) is 25.7. The predicted molar refractivity (Wildman–Crippen MR) is 233 cm³/mol. The van der Waals surface area contributed by atoms with E-state index in [-0.39, 0.29) is 77.0 Å². The highest BCUT2D eigenvalue weighted by Gasteiger charge is 2.37. The van der Waals surface area contributed by atoms with Gasteiger partial charge in [0.05, 0.1) is 6.67 Å². The third-order valence-electron chi connectivity index (χ3n) is 12.3. The summed E-state index contributed by atoms with van der Waals surface area (Å²) < 4.78 is 0. The van der Waals surface area contributed by atoms with Crippen molar-refractivity contribution in [3.05, 3.63) is 0 Å². The molecule has 12 amide bonds. The molecule has 0 bridgehead atoms. The first-order valence-electron chi connectivity index (χ1n) is 21.6. The van der Waals surface area contributed by atoms with Gasteiger partial charge >= 0.3 is 0 Å². The van der Waals surface area contributed by atoms with Crippen molar-refractivity contribution in [2.24, 2.45) is 128 Å². The Morgan fingerprint density at radius 2 is 0.477 bits per heavy atom. The van der Waals surface area contributed by atoms with Crippen molar-refractivity contribution in [1.82, 2.24) is 10.6 Å². The Balaban J connectivity index is 6.77. The summed E-state index contributed by atoms with van der Waals surface area (Å²) in [5, 5.41) is 5.00. The van der Waals surface area contributed by atoms with Crippen molar-refractivity contribution in [1.29, 1.82) is 0 Å². The molecule has 368 valence electrons. The van der Waals surface area contributed by atoms with Crippen LogP contribution in [0.25, 0.3) is 0 Å². The number of nitrogens with one attached hydrogen (secondary N) is 2. The number of nitrogens with two attached hydrogens (primary N) is 10. The molecule has 24 heteroatoms. The quantitative estimate of drug-likeness (QED) is 0.0269. The topological polar surface area (TPSA) is 489 Å². The number of carbonyl (C=O) groups excluding carboxylic acids is 12. The second kappa shape index (κ2) is 28.4. The molecule has 0 fully saturated rings. The molecular formula is C41H72N12O12. The van der Waals surface area contributed by atoms with Gasteiger partial charge in [-0.3, -0.25) is 57.5 Å². The van der Waals surface area contributed by atoms with E-state index in [1.807, 2.05) is 0 Å². The second-order valence-corrected chi connectivity index (χ2v) is 17.2. The Morgan fingerprint density at radius 1 is 0.292 bits per heavy atom. The van der Waals surface area contributed by atoms with Crippen LogP contribution in [0.2, 0.25) is 0 Å². The van der Waals surface area contributed by atoms with Crippen molar-refractivity contribution >= 4 is 70.9 Å². The highest BCUT2D eigenvalue weighted by molar-refractivity contribution is 5.87. The third kappa shape index (κ3) is 21.2. The molecule has 0 aromatic carbocycles. The van der Waals surface area contributed by atoms with E-state index in [0.717, 1.165) is 0 Å². The average molecular weight is 925 g/mol. The smallest absolute Gasteiger partial charge is 0.224 e. The number of amides is 12. The van der Waals surface area contributed by atoms with Crippen molar-refractivity contribution in [3.63, 3.8) is 0 Å². The molecule has 0 spiro atoms. The minimum Gasteiger partial charge on any atom is -0.369 e. The van der Waals surface area contributed by atoms with Crippen LogP contribution in [0.1, 0.15) is 105 Å². The Labute approximate surface area is 378 Å². The molecule has 0 aliphatic heterocycles. The van der Waals surface area contributed by atoms with E-state index in [4.69, 9.17) is 57.3 Å². The maximum atomic E-state index is 14.0. The molecule has 0 rings (SSSR count). The van der Waals surface area contributed by atoms with Crippen LogP contribution in [0.5, 0.6) is 0 Å². The van der Waals surface area contributed by atoms with Crippen LogP contribution in [0.4, 0.5) is 0 Å². The predicted octanol–water partition coefficient (Wildman–Crippen LogP) is -3.82. The highest BCUT2D eigenvalue weighted by atomic mass is 16.2. The summed E-state index contributed by atoms with van der Waals surface area (Å²) >= 11 is 0. The summed E-state index contributed by atoms with van der Waals surface area (Å²) in [6, 6.07) is 0. The Hall–Kier alpha value is -6.36. The zero-order valence-corrected chi connectivity index (χ0v) is 37.8. The number of rotatable bonds is 36. The van der Waals surface area contributed by atoms with Crippen molar-refractivity contribution in [2.75, 3.05) is 6.67 Å². The van der Waals surface area contributed by atoms with Gasteiger partial charge in [0.1, 0.15) is 0 Å². The fourth-order valence-electron chi connectivity index (χ4n) is 7.90. The van der Waals surface area contributed by atoms with Gasteiger partial charge in [-0.1, -0.05) is 27.7 Å². The summed E-state index contributed by atoms with van der Waals surface area (Å²) in [6.07, 6.45) is -2.27. The van der Waals surface area contributed by atoms with E-state index >= 15 is 0 Å². The molecule has 0 aliphatic carbocycles. The monoisotopic (exact) mass is 925 g/mol. The number of hydrogen-bond donors (Lipinski definition) is 12. The molecular weight excluding hydrogens is 853 g/mol. The lowest BCUT2D eigenvalue weighted by atomic mass is 9.78. The molecule has 0 aliphatic rings. The summed E-state index contributed by atoms with van der Waals surface area (Å²) in [7, 11) is 0. The Bertz CT molecular complexity index is 1750. The average Bonchev–Trinajstić information content (AvgIpc) is 3.19. The summed E-state index contributed by atoms with van der Waals surface area (Å²) in [5.74, 6) is -22.9. The van der Waals surface area contributed by atoms with E-state index in [0.29, 0.717) is 0 Å². The van der Waals surface area contributed by atoms with Crippen LogP contribution in [-0.4, -0.2) is 77.6 Å². The molecule has 12 atom stereocenters. The normalized spacial score (nSPS) is 16.8. The lowest BCUT2D eigenvalue weighted by molar-refractivity contribution is -0.131. The van der Waals surface area contributed by atoms with Gasteiger partial charge in [0.2, 0.25) is 70.9 Å². The van der Waals surface area contributed by atoms with Crippen LogP contribution >= 0.6 is 0 Å². The molecule has 0 aromatic heterocycles. The molecule has 0 aromatic rings. The zero-order chi connectivity index (χ0) is 50.5. The molecule has 65 heavy (non-hydrogen) atoms. The van der Waals surface area contributed by atoms with Gasteiger partial charge in [-0.2, -0.15) is 0 Å². The van der Waals surface area contributed by atoms with Crippen molar-refractivity contribution in [2.45, 2.75) is 105 Å². The maximum absolute atomic E-state index is 14.0. The Morgan fingerprint density at radius 3 is 0.677 bits per heavy atom. The third-order valence-corrected chi connectivity index (χ3v) is 12.3. The molecule has 0 saturated heterocycles. The zero-order valence-electron chi connectivity index (χ0n) is 37.8. The number of hydrogen-bond acceptors (Lipinski definition) is 12. The SMILES string of the molecule is CCC(CC(CC(CC(CC(CC(C)C(N)=O)C(N)=O)C(N)=O)C(=O)NCNC(=O)C(CC(CC)C(N)=O)CC(CC(CC(CC(C)C(N)=O)C(N)=O)C(N)=O)C(N)=O)C(N)=O)C(N)=O. The van der Waals surface area contributed by atoms with Crippen LogP contribution in [0.3, 0.4) is 0 Å². The molecule has 12 unspecified atom stereocenters. The van der Waals surface area contributed by atoms with Gasteiger partial charge in [-0.05, 0) is 77.0 Å². The summed E-state index contributed by atoms with van der Waals surface area (Å²) in [6.45, 7) is 5.58.